The van der Waals surface area contributed by atoms with Gasteiger partial charge in [-0.3, -0.25) is 9.98 Å². The van der Waals surface area contributed by atoms with Gasteiger partial charge < -0.3 is 11.1 Å². The molecule has 3 N–H and O–H groups in total. The average molecular weight is 499 g/mol. The Labute approximate surface area is 178 Å². The molecule has 138 valence electrons. The van der Waals surface area contributed by atoms with Crippen molar-refractivity contribution < 1.29 is 0 Å². The van der Waals surface area contributed by atoms with E-state index >= 15 is 0 Å². The van der Waals surface area contributed by atoms with Crippen molar-refractivity contribution in [2.24, 2.45) is 10.7 Å². The summed E-state index contributed by atoms with van der Waals surface area (Å²) < 4.78 is 0. The third-order valence-electron chi connectivity index (χ3n) is 3.59. The number of nitrogens with two attached hydrogens (primary N) is 1. The van der Waals surface area contributed by atoms with Crippen molar-refractivity contribution in [3.8, 4) is 10.6 Å². The summed E-state index contributed by atoms with van der Waals surface area (Å²) in [5.41, 5.74) is 8.03. The van der Waals surface area contributed by atoms with Gasteiger partial charge in [-0.2, -0.15) is 0 Å². The molecule has 3 aromatic rings. The minimum Gasteiger partial charge on any atom is -0.370 e. The van der Waals surface area contributed by atoms with E-state index in [4.69, 9.17) is 5.73 Å². The summed E-state index contributed by atoms with van der Waals surface area (Å²) in [4.78, 5) is 15.7. The van der Waals surface area contributed by atoms with Crippen LogP contribution in [-0.4, -0.2) is 29.0 Å². The Hall–Kier alpha value is -1.52. The molecule has 3 heterocycles. The highest BCUT2D eigenvalue weighted by molar-refractivity contribution is 14.0. The molecule has 0 aliphatic rings. The summed E-state index contributed by atoms with van der Waals surface area (Å²) in [5.74, 6) is 0.489. The second-order valence-corrected chi connectivity index (χ2v) is 7.76. The molecule has 3 aromatic heterocycles. The monoisotopic (exact) mass is 499 g/mol. The fraction of sp³-hybridized carbons (Fsp3) is 0.278. The number of halogens is 1. The first-order valence-corrected chi connectivity index (χ1v) is 9.85. The molecule has 26 heavy (non-hydrogen) atoms. The Kier molecular flexibility index (Phi) is 8.46. The van der Waals surface area contributed by atoms with Crippen molar-refractivity contribution >= 4 is 52.6 Å². The minimum atomic E-state index is 0. The van der Waals surface area contributed by atoms with Crippen LogP contribution in [0.25, 0.3) is 10.6 Å². The first-order valence-electron chi connectivity index (χ1n) is 8.15. The predicted octanol–water partition coefficient (Wildman–Crippen LogP) is 3.88. The van der Waals surface area contributed by atoms with Gasteiger partial charge in [0.1, 0.15) is 0 Å². The van der Waals surface area contributed by atoms with Gasteiger partial charge in [0.2, 0.25) is 0 Å². The zero-order valence-electron chi connectivity index (χ0n) is 14.5. The number of thiophene rings is 1. The fourth-order valence-corrected chi connectivity index (χ4v) is 3.98. The molecule has 0 bridgehead atoms. The summed E-state index contributed by atoms with van der Waals surface area (Å²) in [5, 5.41) is 6.33. The smallest absolute Gasteiger partial charge is 0.188 e. The lowest BCUT2D eigenvalue weighted by atomic mass is 10.3. The van der Waals surface area contributed by atoms with Crippen molar-refractivity contribution in [1.29, 1.82) is 0 Å². The van der Waals surface area contributed by atoms with E-state index in [0.29, 0.717) is 12.5 Å². The number of nitrogens with zero attached hydrogens (tertiary/aromatic N) is 3. The van der Waals surface area contributed by atoms with Crippen LogP contribution in [0.2, 0.25) is 0 Å². The molecule has 0 saturated heterocycles. The zero-order valence-corrected chi connectivity index (χ0v) is 18.5. The van der Waals surface area contributed by atoms with Crippen LogP contribution in [0.3, 0.4) is 0 Å². The number of hydrogen-bond donors (Lipinski definition) is 2. The maximum Gasteiger partial charge on any atom is 0.188 e. The van der Waals surface area contributed by atoms with Crippen LogP contribution in [0.15, 0.2) is 46.9 Å². The summed E-state index contributed by atoms with van der Waals surface area (Å²) >= 11 is 3.45. The number of aryl methyl sites for hydroxylation is 1. The topological polar surface area (TPSA) is 76.2 Å². The molecular formula is C18H22IN5S2. The summed E-state index contributed by atoms with van der Waals surface area (Å²) in [6, 6.07) is 10.2. The van der Waals surface area contributed by atoms with Crippen molar-refractivity contribution in [2.45, 2.75) is 19.8 Å². The number of nitrogens with one attached hydrogen (secondary N) is 1. The van der Waals surface area contributed by atoms with Gasteiger partial charge in [0.05, 0.1) is 15.6 Å². The lowest BCUT2D eigenvalue weighted by molar-refractivity contribution is 0.826. The third-order valence-corrected chi connectivity index (χ3v) is 5.53. The number of hydrogen-bond acceptors (Lipinski definition) is 5. The normalized spacial score (nSPS) is 11.2. The van der Waals surface area contributed by atoms with Crippen molar-refractivity contribution in [1.82, 2.24) is 15.3 Å². The number of guanidine groups is 1. The second-order valence-electron chi connectivity index (χ2n) is 5.53. The maximum atomic E-state index is 5.91. The van der Waals surface area contributed by atoms with E-state index in [9.17, 15) is 0 Å². The fourth-order valence-electron chi connectivity index (χ4n) is 2.33. The van der Waals surface area contributed by atoms with Crippen LogP contribution < -0.4 is 11.1 Å². The molecule has 3 rings (SSSR count). The molecule has 0 aromatic carbocycles. The summed E-state index contributed by atoms with van der Waals surface area (Å²) in [6.07, 6.45) is 3.52. The second kappa shape index (κ2) is 10.6. The first-order chi connectivity index (χ1) is 12.2. The quantitative estimate of drug-likeness (QED) is 0.294. The number of pyridine rings is 1. The molecule has 0 unspecified atom stereocenters. The van der Waals surface area contributed by atoms with Crippen LogP contribution in [0.4, 0.5) is 0 Å². The molecule has 0 atom stereocenters. The van der Waals surface area contributed by atoms with Crippen molar-refractivity contribution in [2.75, 3.05) is 13.1 Å². The van der Waals surface area contributed by atoms with E-state index in [1.165, 1.54) is 9.75 Å². The van der Waals surface area contributed by atoms with Crippen molar-refractivity contribution in [3.05, 3.63) is 57.5 Å². The van der Waals surface area contributed by atoms with Crippen LogP contribution >= 0.6 is 46.7 Å². The van der Waals surface area contributed by atoms with E-state index in [0.717, 1.165) is 35.8 Å². The Balaban J connectivity index is 0.00000243. The van der Waals surface area contributed by atoms with E-state index in [1.54, 1.807) is 28.9 Å². The van der Waals surface area contributed by atoms with Gasteiger partial charge in [0.15, 0.2) is 5.96 Å². The molecule has 0 amide bonds. The number of aromatic nitrogens is 2. The Morgan fingerprint density at radius 2 is 2.12 bits per heavy atom. The largest absolute Gasteiger partial charge is 0.370 e. The van der Waals surface area contributed by atoms with E-state index < -0.39 is 0 Å². The average Bonchev–Trinajstić information content (AvgIpc) is 3.25. The van der Waals surface area contributed by atoms with Gasteiger partial charge in [-0.25, -0.2) is 4.98 Å². The van der Waals surface area contributed by atoms with Gasteiger partial charge in [-0.15, -0.1) is 46.7 Å². The zero-order chi connectivity index (χ0) is 17.5. The summed E-state index contributed by atoms with van der Waals surface area (Å²) in [7, 11) is 0. The van der Waals surface area contributed by atoms with Gasteiger partial charge in [0, 0.05) is 48.1 Å². The van der Waals surface area contributed by atoms with Gasteiger partial charge >= 0.3 is 0 Å². The van der Waals surface area contributed by atoms with Gasteiger partial charge in [0.25, 0.3) is 0 Å². The Morgan fingerprint density at radius 3 is 2.85 bits per heavy atom. The molecule has 0 aliphatic carbocycles. The molecule has 8 heteroatoms. The Morgan fingerprint density at radius 1 is 1.23 bits per heavy atom. The highest BCUT2D eigenvalue weighted by Crippen LogP contribution is 2.29. The van der Waals surface area contributed by atoms with E-state index in [2.05, 4.69) is 37.8 Å². The highest BCUT2D eigenvalue weighted by atomic mass is 127. The Bertz CT molecular complexity index is 829. The van der Waals surface area contributed by atoms with Gasteiger partial charge in [-0.1, -0.05) is 6.07 Å². The van der Waals surface area contributed by atoms with Crippen LogP contribution in [0.1, 0.15) is 15.6 Å². The lowest BCUT2D eigenvalue weighted by Crippen LogP contribution is -2.33. The molecule has 0 fully saturated rings. The molecular weight excluding hydrogens is 477 g/mol. The number of aliphatic imine (C=N–C) groups is 1. The first kappa shape index (κ1) is 20.8. The van der Waals surface area contributed by atoms with Crippen LogP contribution in [0.5, 0.6) is 0 Å². The van der Waals surface area contributed by atoms with E-state index in [1.807, 2.05) is 25.1 Å². The molecule has 0 saturated carbocycles. The SMILES string of the molecule is Cc1nc(-c2ccc(CCN=C(N)NCCc3ccccn3)s2)cs1.I. The highest BCUT2D eigenvalue weighted by Gasteiger charge is 2.06. The molecule has 0 spiro atoms. The standard InChI is InChI=1S/C18H21N5S2.HI/c1-13-23-16(12-24-13)17-6-5-15(25-17)8-11-22-18(19)21-10-7-14-4-2-3-9-20-14;/h2-6,9,12H,7-8,10-11H2,1H3,(H3,19,21,22);1H. The van der Waals surface area contributed by atoms with E-state index in [-0.39, 0.29) is 24.0 Å². The molecule has 5 nitrogen and oxygen atoms in total. The molecule has 0 aliphatic heterocycles. The van der Waals surface area contributed by atoms with Crippen LogP contribution in [-0.2, 0) is 12.8 Å². The van der Waals surface area contributed by atoms with Crippen LogP contribution in [0, 0.1) is 6.92 Å². The summed E-state index contributed by atoms with van der Waals surface area (Å²) in [6.45, 7) is 3.44. The number of rotatable bonds is 7. The van der Waals surface area contributed by atoms with Crippen molar-refractivity contribution in [3.63, 3.8) is 0 Å². The predicted molar refractivity (Wildman–Crippen MR) is 122 cm³/mol. The van der Waals surface area contributed by atoms with Gasteiger partial charge in [-0.05, 0) is 31.2 Å². The number of thiazole rings is 1. The third kappa shape index (κ3) is 6.33. The molecule has 0 radical (unpaired) electrons. The minimum absolute atomic E-state index is 0. The maximum absolute atomic E-state index is 5.91. The lowest BCUT2D eigenvalue weighted by Gasteiger charge is -2.05.